The normalized spacial score (nSPS) is 17.0. The van der Waals surface area contributed by atoms with E-state index in [1.165, 1.54) is 55.3 Å². The van der Waals surface area contributed by atoms with E-state index in [2.05, 4.69) is 110 Å². The average molecular weight is 439 g/mol. The largest absolute Gasteiger partial charge is 0.0616 e. The quantitative estimate of drug-likeness (QED) is 0.259. The first-order valence-corrected chi connectivity index (χ1v) is 11.1. The minimum atomic E-state index is 0.000949. The van der Waals surface area contributed by atoms with Crippen LogP contribution in [0.5, 0.6) is 0 Å². The molecule has 1 heteroatoms. The van der Waals surface area contributed by atoms with Crippen LogP contribution in [0.4, 0.5) is 0 Å². The summed E-state index contributed by atoms with van der Waals surface area (Å²) in [6.45, 7) is 9.48. The summed E-state index contributed by atoms with van der Waals surface area (Å²) in [6.07, 6.45) is 0. The van der Waals surface area contributed by atoms with E-state index >= 15 is 0 Å². The fraction of sp³-hybridized carbons (Fsp3) is 0.214. The highest BCUT2D eigenvalue weighted by atomic mass is 79.9. The van der Waals surface area contributed by atoms with Crippen molar-refractivity contribution in [3.63, 3.8) is 0 Å². The SMILES string of the molecule is CC1(C)c2cc(Br)ccc2-c2cc3c(cc21)-c1c(ccc2ccccc12)C3(C)C. The lowest BCUT2D eigenvalue weighted by molar-refractivity contribution is 0.652. The van der Waals surface area contributed by atoms with Gasteiger partial charge < -0.3 is 0 Å². The molecule has 0 radical (unpaired) electrons. The molecule has 0 nitrogen and oxygen atoms in total. The Hall–Kier alpha value is -2.38. The molecule has 4 aromatic rings. The van der Waals surface area contributed by atoms with E-state index in [1.807, 2.05) is 0 Å². The Morgan fingerprint density at radius 2 is 1.24 bits per heavy atom. The van der Waals surface area contributed by atoms with Gasteiger partial charge in [-0.3, -0.25) is 0 Å². The van der Waals surface area contributed by atoms with E-state index in [1.54, 1.807) is 0 Å². The molecule has 2 aliphatic rings. The molecule has 0 aliphatic heterocycles. The molecular formula is C28H23Br. The van der Waals surface area contributed by atoms with Crippen molar-refractivity contribution >= 4 is 26.7 Å². The summed E-state index contributed by atoms with van der Waals surface area (Å²) in [7, 11) is 0. The van der Waals surface area contributed by atoms with Crippen molar-refractivity contribution in [2.75, 3.05) is 0 Å². The van der Waals surface area contributed by atoms with Crippen LogP contribution in [-0.4, -0.2) is 0 Å². The van der Waals surface area contributed by atoms with Crippen molar-refractivity contribution in [3.05, 3.63) is 93.5 Å². The number of hydrogen-bond acceptors (Lipinski definition) is 0. The van der Waals surface area contributed by atoms with Crippen LogP contribution in [0.1, 0.15) is 49.9 Å². The molecule has 0 atom stereocenters. The van der Waals surface area contributed by atoms with Gasteiger partial charge in [-0.05, 0) is 79.5 Å². The third-order valence-electron chi connectivity index (χ3n) is 7.32. The van der Waals surface area contributed by atoms with E-state index in [0.717, 1.165) is 4.47 Å². The van der Waals surface area contributed by atoms with Crippen LogP contribution in [0, 0.1) is 0 Å². The molecule has 2 aliphatic carbocycles. The summed E-state index contributed by atoms with van der Waals surface area (Å²) >= 11 is 3.68. The van der Waals surface area contributed by atoms with Gasteiger partial charge in [0.1, 0.15) is 0 Å². The van der Waals surface area contributed by atoms with Gasteiger partial charge in [0.15, 0.2) is 0 Å². The van der Waals surface area contributed by atoms with Crippen molar-refractivity contribution in [1.29, 1.82) is 0 Å². The molecule has 0 saturated heterocycles. The fourth-order valence-electron chi connectivity index (χ4n) is 5.70. The topological polar surface area (TPSA) is 0 Å². The second-order valence-corrected chi connectivity index (χ2v) is 10.5. The highest BCUT2D eigenvalue weighted by Crippen LogP contribution is 2.57. The van der Waals surface area contributed by atoms with Gasteiger partial charge >= 0.3 is 0 Å². The standard InChI is InChI=1S/C28H23Br/c1-27(2)22-12-9-16-7-5-6-8-18(16)26(22)21-15-24-20(14-25(21)27)19-11-10-17(29)13-23(19)28(24,3)4/h5-15H,1-4H3. The molecule has 0 unspecified atom stereocenters. The van der Waals surface area contributed by atoms with Gasteiger partial charge in [-0.15, -0.1) is 0 Å². The third-order valence-corrected chi connectivity index (χ3v) is 7.81. The van der Waals surface area contributed by atoms with Crippen molar-refractivity contribution in [2.45, 2.75) is 38.5 Å². The van der Waals surface area contributed by atoms with Gasteiger partial charge in [0.25, 0.3) is 0 Å². The number of fused-ring (bicyclic) bond motifs is 8. The molecule has 6 rings (SSSR count). The number of hydrogen-bond donors (Lipinski definition) is 0. The summed E-state index contributed by atoms with van der Waals surface area (Å²) in [5.41, 5.74) is 11.4. The van der Waals surface area contributed by atoms with Gasteiger partial charge in [0.05, 0.1) is 0 Å². The van der Waals surface area contributed by atoms with Crippen LogP contribution >= 0.6 is 15.9 Å². The van der Waals surface area contributed by atoms with Crippen LogP contribution in [0.25, 0.3) is 33.0 Å². The highest BCUT2D eigenvalue weighted by molar-refractivity contribution is 9.10. The predicted molar refractivity (Wildman–Crippen MR) is 127 cm³/mol. The molecule has 0 spiro atoms. The Morgan fingerprint density at radius 3 is 2.07 bits per heavy atom. The first-order chi connectivity index (χ1) is 13.8. The van der Waals surface area contributed by atoms with Crippen molar-refractivity contribution in [1.82, 2.24) is 0 Å². The van der Waals surface area contributed by atoms with Crippen LogP contribution in [0.2, 0.25) is 0 Å². The van der Waals surface area contributed by atoms with E-state index in [4.69, 9.17) is 0 Å². The first-order valence-electron chi connectivity index (χ1n) is 10.3. The first kappa shape index (κ1) is 17.5. The van der Waals surface area contributed by atoms with Gasteiger partial charge in [0, 0.05) is 15.3 Å². The predicted octanol–water partition coefficient (Wildman–Crippen LogP) is 8.21. The fourth-order valence-corrected chi connectivity index (χ4v) is 6.07. The van der Waals surface area contributed by atoms with E-state index in [9.17, 15) is 0 Å². The molecule has 0 fully saturated rings. The van der Waals surface area contributed by atoms with E-state index < -0.39 is 0 Å². The monoisotopic (exact) mass is 438 g/mol. The minimum absolute atomic E-state index is 0.000949. The summed E-state index contributed by atoms with van der Waals surface area (Å²) in [5, 5.41) is 2.69. The van der Waals surface area contributed by atoms with Gasteiger partial charge in [-0.1, -0.05) is 86.1 Å². The molecule has 0 N–H and O–H groups in total. The van der Waals surface area contributed by atoms with Crippen LogP contribution < -0.4 is 0 Å². The van der Waals surface area contributed by atoms with Crippen LogP contribution in [0.15, 0.2) is 71.2 Å². The Morgan fingerprint density at radius 1 is 0.586 bits per heavy atom. The summed E-state index contributed by atoms with van der Waals surface area (Å²) in [4.78, 5) is 0. The zero-order valence-electron chi connectivity index (χ0n) is 17.2. The number of rotatable bonds is 0. The highest BCUT2D eigenvalue weighted by Gasteiger charge is 2.42. The third kappa shape index (κ3) is 2.09. The Balaban J connectivity index is 1.73. The van der Waals surface area contributed by atoms with Crippen molar-refractivity contribution in [2.24, 2.45) is 0 Å². The lowest BCUT2D eigenvalue weighted by Crippen LogP contribution is -2.17. The Bertz CT molecular complexity index is 1350. The smallest absolute Gasteiger partial charge is 0.0178 e. The molecule has 142 valence electrons. The number of halogens is 1. The lowest BCUT2D eigenvalue weighted by atomic mass is 9.79. The Labute approximate surface area is 180 Å². The van der Waals surface area contributed by atoms with Gasteiger partial charge in [-0.2, -0.15) is 0 Å². The molecule has 0 aromatic heterocycles. The summed E-state index contributed by atoms with van der Waals surface area (Å²) in [5.74, 6) is 0. The van der Waals surface area contributed by atoms with Crippen molar-refractivity contribution in [3.8, 4) is 22.3 Å². The van der Waals surface area contributed by atoms with Crippen LogP contribution in [-0.2, 0) is 10.8 Å². The second-order valence-electron chi connectivity index (χ2n) is 9.59. The zero-order chi connectivity index (χ0) is 20.1. The summed E-state index contributed by atoms with van der Waals surface area (Å²) in [6, 6.07) is 25.2. The van der Waals surface area contributed by atoms with E-state index in [-0.39, 0.29) is 10.8 Å². The average Bonchev–Trinajstić information content (AvgIpc) is 3.06. The molecule has 0 bridgehead atoms. The van der Waals surface area contributed by atoms with Crippen molar-refractivity contribution < 1.29 is 0 Å². The second kappa shape index (κ2) is 5.40. The maximum absolute atomic E-state index is 3.68. The molecule has 0 saturated carbocycles. The Kier molecular flexibility index (Phi) is 3.25. The van der Waals surface area contributed by atoms with E-state index in [0.29, 0.717) is 0 Å². The van der Waals surface area contributed by atoms with Gasteiger partial charge in [-0.25, -0.2) is 0 Å². The molecule has 4 aromatic carbocycles. The lowest BCUT2D eigenvalue weighted by Gasteiger charge is -2.24. The summed E-state index contributed by atoms with van der Waals surface area (Å²) < 4.78 is 1.15. The maximum atomic E-state index is 3.68. The van der Waals surface area contributed by atoms with Gasteiger partial charge in [0.2, 0.25) is 0 Å². The molecular weight excluding hydrogens is 416 g/mol. The molecule has 0 heterocycles. The molecule has 29 heavy (non-hydrogen) atoms. The maximum Gasteiger partial charge on any atom is 0.0178 e. The zero-order valence-corrected chi connectivity index (χ0v) is 18.8. The minimum Gasteiger partial charge on any atom is -0.0616 e. The molecule has 0 amide bonds. The number of benzene rings is 4. The van der Waals surface area contributed by atoms with Crippen LogP contribution in [0.3, 0.4) is 0 Å².